The van der Waals surface area contributed by atoms with Crippen LogP contribution < -0.4 is 11.1 Å². The number of anilines is 2. The number of likely N-dealkylation sites (tertiary alicyclic amines) is 1. The maximum atomic E-state index is 12.9. The van der Waals surface area contributed by atoms with Crippen molar-refractivity contribution in [3.8, 4) is 11.3 Å². The number of likely N-dealkylation sites (N-methyl/N-ethyl adjacent to an activating group) is 1. The molecule has 0 bridgehead atoms. The second kappa shape index (κ2) is 8.78. The number of nitrogens with zero attached hydrogens (tertiary/aromatic N) is 5. The van der Waals surface area contributed by atoms with E-state index in [4.69, 9.17) is 10.7 Å². The number of imidazole rings is 1. The fraction of sp³-hybridized carbons (Fsp3) is 0.333. The van der Waals surface area contributed by atoms with Crippen molar-refractivity contribution in [2.45, 2.75) is 37.5 Å². The van der Waals surface area contributed by atoms with Crippen molar-refractivity contribution in [3.63, 3.8) is 0 Å². The van der Waals surface area contributed by atoms with E-state index in [2.05, 4.69) is 31.6 Å². The molecule has 178 valence electrons. The predicted molar refractivity (Wildman–Crippen MR) is 136 cm³/mol. The summed E-state index contributed by atoms with van der Waals surface area (Å²) in [6.07, 6.45) is 10.1. The number of hydrogen-bond donors (Lipinski definition) is 2. The summed E-state index contributed by atoms with van der Waals surface area (Å²) in [7, 11) is 2.15. The number of piperidine rings is 1. The first-order chi connectivity index (χ1) is 17.1. The summed E-state index contributed by atoms with van der Waals surface area (Å²) in [5, 5.41) is 2.93. The van der Waals surface area contributed by atoms with E-state index in [1.807, 2.05) is 42.6 Å². The Morgan fingerprint density at radius 2 is 1.89 bits per heavy atom. The number of amides is 1. The van der Waals surface area contributed by atoms with Gasteiger partial charge in [-0.05, 0) is 75.0 Å². The van der Waals surface area contributed by atoms with Crippen molar-refractivity contribution >= 4 is 23.1 Å². The fourth-order valence-electron chi connectivity index (χ4n) is 5.11. The van der Waals surface area contributed by atoms with Gasteiger partial charge in [0, 0.05) is 42.2 Å². The van der Waals surface area contributed by atoms with Crippen LogP contribution in [0.4, 0.5) is 11.6 Å². The van der Waals surface area contributed by atoms with E-state index in [0.717, 1.165) is 48.5 Å². The van der Waals surface area contributed by atoms with Gasteiger partial charge in [-0.3, -0.25) is 9.20 Å². The lowest BCUT2D eigenvalue weighted by Gasteiger charge is -2.28. The van der Waals surface area contributed by atoms with E-state index in [9.17, 15) is 4.79 Å². The summed E-state index contributed by atoms with van der Waals surface area (Å²) in [6.45, 7) is 2.08. The summed E-state index contributed by atoms with van der Waals surface area (Å²) in [6, 6.07) is 11.5. The second-order valence-electron chi connectivity index (χ2n) is 9.73. The van der Waals surface area contributed by atoms with Crippen molar-refractivity contribution in [2.24, 2.45) is 0 Å². The van der Waals surface area contributed by atoms with Crippen molar-refractivity contribution in [1.82, 2.24) is 24.3 Å². The van der Waals surface area contributed by atoms with E-state index in [0.29, 0.717) is 29.0 Å². The third-order valence-electron chi connectivity index (χ3n) is 7.09. The number of benzene rings is 1. The number of carbonyl (C=O) groups excluding carboxylic acids is 1. The fourth-order valence-corrected chi connectivity index (χ4v) is 5.11. The van der Waals surface area contributed by atoms with Gasteiger partial charge < -0.3 is 16.0 Å². The minimum Gasteiger partial charge on any atom is -0.382 e. The van der Waals surface area contributed by atoms with Crippen LogP contribution in [0, 0.1) is 0 Å². The Morgan fingerprint density at radius 1 is 1.06 bits per heavy atom. The van der Waals surface area contributed by atoms with Gasteiger partial charge >= 0.3 is 0 Å². The number of nitrogens with one attached hydrogen (secondary N) is 1. The Bertz CT molecular complexity index is 1390. The van der Waals surface area contributed by atoms with Gasteiger partial charge in [0.1, 0.15) is 28.7 Å². The molecular formula is C27H29N7O. The van der Waals surface area contributed by atoms with Crippen molar-refractivity contribution in [2.75, 3.05) is 31.2 Å². The predicted octanol–water partition coefficient (Wildman–Crippen LogP) is 4.31. The lowest BCUT2D eigenvalue weighted by molar-refractivity contribution is 0.102. The van der Waals surface area contributed by atoms with Crippen LogP contribution in [-0.4, -0.2) is 50.3 Å². The second-order valence-corrected chi connectivity index (χ2v) is 9.73. The van der Waals surface area contributed by atoms with Gasteiger partial charge in [0.25, 0.3) is 5.91 Å². The van der Waals surface area contributed by atoms with Crippen LogP contribution in [0.5, 0.6) is 0 Å². The van der Waals surface area contributed by atoms with Gasteiger partial charge in [-0.1, -0.05) is 12.1 Å². The van der Waals surface area contributed by atoms with Crippen LogP contribution in [0.15, 0.2) is 55.0 Å². The van der Waals surface area contributed by atoms with Crippen molar-refractivity contribution in [3.05, 3.63) is 71.9 Å². The van der Waals surface area contributed by atoms with Crippen LogP contribution in [0.3, 0.4) is 0 Å². The molecule has 6 rings (SSSR count). The summed E-state index contributed by atoms with van der Waals surface area (Å²) < 4.78 is 2.08. The number of nitrogen functional groups attached to an aromatic ring is 1. The molecule has 1 aromatic carbocycles. The first-order valence-electron chi connectivity index (χ1n) is 12.3. The van der Waals surface area contributed by atoms with Crippen molar-refractivity contribution < 1.29 is 4.79 Å². The minimum absolute atomic E-state index is 0.182. The number of hydrogen-bond acceptors (Lipinski definition) is 6. The molecule has 1 aliphatic carbocycles. The molecule has 0 spiro atoms. The summed E-state index contributed by atoms with van der Waals surface area (Å²) >= 11 is 0. The highest BCUT2D eigenvalue weighted by Gasteiger charge is 2.26. The summed E-state index contributed by atoms with van der Waals surface area (Å²) in [4.78, 5) is 28.9. The van der Waals surface area contributed by atoms with E-state index >= 15 is 0 Å². The zero-order valence-electron chi connectivity index (χ0n) is 19.8. The zero-order chi connectivity index (χ0) is 23.9. The Labute approximate surface area is 204 Å². The van der Waals surface area contributed by atoms with E-state index in [1.165, 1.54) is 18.4 Å². The summed E-state index contributed by atoms with van der Waals surface area (Å²) in [5.74, 6) is 2.82. The Hall–Kier alpha value is -3.78. The highest BCUT2D eigenvalue weighted by atomic mass is 16.1. The maximum absolute atomic E-state index is 12.9. The van der Waals surface area contributed by atoms with Gasteiger partial charge in [0.2, 0.25) is 0 Å². The van der Waals surface area contributed by atoms with Crippen LogP contribution in [0.1, 0.15) is 59.3 Å². The molecule has 1 saturated carbocycles. The number of carbonyl (C=O) groups is 1. The van der Waals surface area contributed by atoms with Gasteiger partial charge in [-0.2, -0.15) is 0 Å². The molecule has 0 radical (unpaired) electrons. The number of fused-ring (bicyclic) bond motifs is 1. The van der Waals surface area contributed by atoms with E-state index < -0.39 is 0 Å². The van der Waals surface area contributed by atoms with E-state index in [1.54, 1.807) is 12.4 Å². The topological polar surface area (TPSA) is 101 Å². The Balaban J connectivity index is 1.29. The molecule has 2 fully saturated rings. The third-order valence-corrected chi connectivity index (χ3v) is 7.09. The molecule has 1 aliphatic heterocycles. The largest absolute Gasteiger partial charge is 0.382 e. The normalized spacial score (nSPS) is 18.6. The van der Waals surface area contributed by atoms with Crippen LogP contribution in [-0.2, 0) is 0 Å². The highest BCUT2D eigenvalue weighted by molar-refractivity contribution is 6.04. The zero-order valence-corrected chi connectivity index (χ0v) is 19.8. The molecule has 3 aromatic heterocycles. The molecule has 4 heterocycles. The minimum atomic E-state index is -0.182. The van der Waals surface area contributed by atoms with Crippen LogP contribution in [0.25, 0.3) is 16.8 Å². The molecule has 35 heavy (non-hydrogen) atoms. The number of nitrogens with two attached hydrogens (primary N) is 1. The standard InChI is InChI=1S/C27H29N7O/c1-33-13-2-3-21(16-33)26-32-23(24-25(28)30-12-14-34(24)26)18-6-8-19(9-7-18)27(35)31-22-15-20(10-11-29-22)17-4-5-17/h6-12,14-15,17,21H,2-5,13,16H2,1H3,(H2,28,30)(H,29,31,35). The van der Waals surface area contributed by atoms with Crippen LogP contribution in [0.2, 0.25) is 0 Å². The molecule has 1 unspecified atom stereocenters. The molecular weight excluding hydrogens is 438 g/mol. The number of rotatable bonds is 5. The van der Waals surface area contributed by atoms with Gasteiger partial charge in [-0.15, -0.1) is 0 Å². The average Bonchev–Trinajstić information content (AvgIpc) is 3.65. The molecule has 4 aromatic rings. The molecule has 2 aliphatic rings. The van der Waals surface area contributed by atoms with Gasteiger partial charge in [0.05, 0.1) is 0 Å². The molecule has 3 N–H and O–H groups in total. The monoisotopic (exact) mass is 467 g/mol. The smallest absolute Gasteiger partial charge is 0.256 e. The summed E-state index contributed by atoms with van der Waals surface area (Å²) in [5.41, 5.74) is 10.6. The number of aromatic nitrogens is 4. The Kier molecular flexibility index (Phi) is 5.45. The highest BCUT2D eigenvalue weighted by Crippen LogP contribution is 2.40. The maximum Gasteiger partial charge on any atom is 0.256 e. The van der Waals surface area contributed by atoms with Crippen molar-refractivity contribution in [1.29, 1.82) is 0 Å². The first-order valence-corrected chi connectivity index (χ1v) is 12.3. The lowest BCUT2D eigenvalue weighted by atomic mass is 9.98. The molecule has 1 atom stereocenters. The average molecular weight is 468 g/mol. The quantitative estimate of drug-likeness (QED) is 0.453. The molecule has 8 heteroatoms. The molecule has 1 saturated heterocycles. The first kappa shape index (κ1) is 21.7. The SMILES string of the molecule is CN1CCCC(c2nc(-c3ccc(C(=O)Nc4cc(C5CC5)ccn4)cc3)c3c(N)nccn23)C1. The molecule has 8 nitrogen and oxygen atoms in total. The Morgan fingerprint density at radius 3 is 2.66 bits per heavy atom. The van der Waals surface area contributed by atoms with E-state index in [-0.39, 0.29) is 5.91 Å². The molecule has 1 amide bonds. The lowest BCUT2D eigenvalue weighted by Crippen LogP contribution is -2.31. The van der Waals surface area contributed by atoms with Gasteiger partial charge in [0.15, 0.2) is 0 Å². The number of pyridine rings is 1. The third kappa shape index (κ3) is 4.25. The van der Waals surface area contributed by atoms with Gasteiger partial charge in [-0.25, -0.2) is 15.0 Å². The van der Waals surface area contributed by atoms with Crippen LogP contribution >= 0.6 is 0 Å².